The van der Waals surface area contributed by atoms with Crippen LogP contribution in [0.1, 0.15) is 28.3 Å². The van der Waals surface area contributed by atoms with Crippen LogP contribution in [0.5, 0.6) is 5.75 Å². The molecule has 0 saturated carbocycles. The first-order valence-electron chi connectivity index (χ1n) is 11.7. The Bertz CT molecular complexity index is 1500. The topological polar surface area (TPSA) is 79.7 Å². The van der Waals surface area contributed by atoms with E-state index >= 15 is 0 Å². The molecule has 1 atom stereocenters. The van der Waals surface area contributed by atoms with Crippen molar-refractivity contribution in [1.82, 2.24) is 4.98 Å². The molecule has 184 valence electrons. The summed E-state index contributed by atoms with van der Waals surface area (Å²) in [6.07, 6.45) is 3.19. The standard InChI is InChI=1S/C30H23BrN2O4/c1-19-16-22(10-11-25(19)37-18-20-6-3-2-4-7-20)28(34)26-27(21-12-14-32-15-13-21)33(30(36)29(26)35)24-9-5-8-23(31)17-24/h2-17,27,34H,18H2,1H3/b28-26+. The molecule has 2 heterocycles. The van der Waals surface area contributed by atoms with Gasteiger partial charge in [-0.1, -0.05) is 52.3 Å². The fraction of sp³-hybridized carbons (Fsp3) is 0.100. The maximum atomic E-state index is 13.3. The molecule has 37 heavy (non-hydrogen) atoms. The van der Waals surface area contributed by atoms with E-state index in [1.54, 1.807) is 60.9 Å². The Balaban J connectivity index is 1.55. The maximum absolute atomic E-state index is 13.3. The lowest BCUT2D eigenvalue weighted by molar-refractivity contribution is -0.132. The number of hydrogen-bond acceptors (Lipinski definition) is 5. The van der Waals surface area contributed by atoms with Crippen LogP contribution in [0, 0.1) is 6.92 Å². The summed E-state index contributed by atoms with van der Waals surface area (Å²) in [6, 6.07) is 24.9. The Kier molecular flexibility index (Phi) is 6.88. The molecule has 6 nitrogen and oxygen atoms in total. The van der Waals surface area contributed by atoms with Gasteiger partial charge in [-0.25, -0.2) is 0 Å². The highest BCUT2D eigenvalue weighted by Crippen LogP contribution is 2.42. The van der Waals surface area contributed by atoms with Gasteiger partial charge in [0.2, 0.25) is 0 Å². The molecule has 1 unspecified atom stereocenters. The van der Waals surface area contributed by atoms with Gasteiger partial charge in [-0.15, -0.1) is 0 Å². The zero-order valence-electron chi connectivity index (χ0n) is 20.0. The van der Waals surface area contributed by atoms with Crippen molar-refractivity contribution in [2.24, 2.45) is 0 Å². The number of aromatic nitrogens is 1. The predicted molar refractivity (Wildman–Crippen MR) is 145 cm³/mol. The van der Waals surface area contributed by atoms with Gasteiger partial charge in [0.05, 0.1) is 11.6 Å². The molecule has 3 aromatic carbocycles. The van der Waals surface area contributed by atoms with Crippen LogP contribution >= 0.6 is 15.9 Å². The number of Topliss-reactive ketones (excluding diaryl/α,β-unsaturated/α-hetero) is 1. The number of ketones is 1. The number of carbonyl (C=O) groups excluding carboxylic acids is 2. The summed E-state index contributed by atoms with van der Waals surface area (Å²) in [5.74, 6) is -1.03. The minimum absolute atomic E-state index is 0.0218. The number of ether oxygens (including phenoxy) is 1. The zero-order chi connectivity index (χ0) is 25.9. The minimum atomic E-state index is -0.813. The van der Waals surface area contributed by atoms with Crippen molar-refractivity contribution in [3.05, 3.63) is 130 Å². The van der Waals surface area contributed by atoms with Crippen molar-refractivity contribution in [3.8, 4) is 5.75 Å². The van der Waals surface area contributed by atoms with Gasteiger partial charge in [0.1, 0.15) is 18.1 Å². The average Bonchev–Trinajstić information content (AvgIpc) is 3.18. The molecular formula is C30H23BrN2O4. The van der Waals surface area contributed by atoms with Gasteiger partial charge in [0, 0.05) is 28.1 Å². The molecule has 0 radical (unpaired) electrons. The van der Waals surface area contributed by atoms with Crippen molar-refractivity contribution in [1.29, 1.82) is 0 Å². The summed E-state index contributed by atoms with van der Waals surface area (Å²) in [5, 5.41) is 11.4. The largest absolute Gasteiger partial charge is 0.507 e. The number of aliphatic hydroxyl groups is 1. The van der Waals surface area contributed by atoms with Crippen LogP contribution in [0.3, 0.4) is 0 Å². The number of amides is 1. The molecule has 1 amide bonds. The Hall–Kier alpha value is -4.23. The van der Waals surface area contributed by atoms with Crippen LogP contribution in [0.15, 0.2) is 107 Å². The highest BCUT2D eigenvalue weighted by molar-refractivity contribution is 9.10. The van der Waals surface area contributed by atoms with E-state index in [1.165, 1.54) is 4.90 Å². The van der Waals surface area contributed by atoms with Gasteiger partial charge in [-0.3, -0.25) is 19.5 Å². The fourth-order valence-electron chi connectivity index (χ4n) is 4.44. The SMILES string of the molecule is Cc1cc(/C(O)=C2\C(=O)C(=O)N(c3cccc(Br)c3)C2c2ccncc2)ccc1OCc1ccccc1. The average molecular weight is 555 g/mol. The molecule has 0 aliphatic carbocycles. The van der Waals surface area contributed by atoms with Gasteiger partial charge in [0.15, 0.2) is 0 Å². The molecule has 7 heteroatoms. The lowest BCUT2D eigenvalue weighted by Crippen LogP contribution is -2.29. The Labute approximate surface area is 223 Å². The van der Waals surface area contributed by atoms with Gasteiger partial charge in [-0.2, -0.15) is 0 Å². The highest BCUT2D eigenvalue weighted by Gasteiger charge is 2.47. The van der Waals surface area contributed by atoms with Crippen LogP contribution in [-0.2, 0) is 16.2 Å². The van der Waals surface area contributed by atoms with Crippen molar-refractivity contribution in [2.75, 3.05) is 4.90 Å². The smallest absolute Gasteiger partial charge is 0.300 e. The van der Waals surface area contributed by atoms with Gasteiger partial charge in [0.25, 0.3) is 11.7 Å². The Morgan fingerprint density at radius 2 is 1.73 bits per heavy atom. The van der Waals surface area contributed by atoms with Crippen molar-refractivity contribution in [3.63, 3.8) is 0 Å². The monoisotopic (exact) mass is 554 g/mol. The van der Waals surface area contributed by atoms with Crippen LogP contribution in [-0.4, -0.2) is 21.8 Å². The molecule has 1 aliphatic rings. The summed E-state index contributed by atoms with van der Waals surface area (Å²) in [5.41, 5.74) is 3.48. The van der Waals surface area contributed by atoms with E-state index in [0.29, 0.717) is 29.2 Å². The van der Waals surface area contributed by atoms with Crippen molar-refractivity contribution < 1.29 is 19.4 Å². The molecule has 1 aliphatic heterocycles. The zero-order valence-corrected chi connectivity index (χ0v) is 21.6. The summed E-state index contributed by atoms with van der Waals surface area (Å²) in [4.78, 5) is 32.1. The highest BCUT2D eigenvalue weighted by atomic mass is 79.9. The quantitative estimate of drug-likeness (QED) is 0.170. The number of pyridine rings is 1. The lowest BCUT2D eigenvalue weighted by Gasteiger charge is -2.25. The van der Waals surface area contributed by atoms with E-state index < -0.39 is 17.7 Å². The maximum Gasteiger partial charge on any atom is 0.300 e. The molecule has 4 aromatic rings. The molecule has 0 spiro atoms. The molecule has 1 fully saturated rings. The number of halogens is 1. The van der Waals surface area contributed by atoms with Gasteiger partial charge < -0.3 is 9.84 Å². The summed E-state index contributed by atoms with van der Waals surface area (Å²) < 4.78 is 6.73. The summed E-state index contributed by atoms with van der Waals surface area (Å²) in [7, 11) is 0. The first-order valence-corrected chi connectivity index (χ1v) is 12.5. The van der Waals surface area contributed by atoms with Crippen molar-refractivity contribution in [2.45, 2.75) is 19.6 Å². The Morgan fingerprint density at radius 3 is 2.43 bits per heavy atom. The van der Waals surface area contributed by atoms with Gasteiger partial charge in [-0.05, 0) is 72.1 Å². The Morgan fingerprint density at radius 1 is 0.973 bits per heavy atom. The number of hydrogen-bond donors (Lipinski definition) is 1. The van der Waals surface area contributed by atoms with Crippen LogP contribution in [0.2, 0.25) is 0 Å². The molecule has 1 N–H and O–H groups in total. The molecule has 5 rings (SSSR count). The molecule has 1 aromatic heterocycles. The second kappa shape index (κ2) is 10.4. The van der Waals surface area contributed by atoms with Gasteiger partial charge >= 0.3 is 0 Å². The first kappa shape index (κ1) is 24.5. The van der Waals surface area contributed by atoms with Crippen molar-refractivity contribution >= 4 is 39.1 Å². The van der Waals surface area contributed by atoms with E-state index in [-0.39, 0.29) is 11.3 Å². The van der Waals surface area contributed by atoms with E-state index in [9.17, 15) is 14.7 Å². The fourth-order valence-corrected chi connectivity index (χ4v) is 4.82. The molecular weight excluding hydrogens is 532 g/mol. The lowest BCUT2D eigenvalue weighted by atomic mass is 9.95. The third-order valence-corrected chi connectivity index (χ3v) is 6.73. The molecule has 0 bridgehead atoms. The third-order valence-electron chi connectivity index (χ3n) is 6.24. The van der Waals surface area contributed by atoms with E-state index in [0.717, 1.165) is 15.6 Å². The number of aliphatic hydroxyl groups excluding tert-OH is 1. The number of aryl methyl sites for hydroxylation is 1. The third kappa shape index (κ3) is 4.90. The number of nitrogens with zero attached hydrogens (tertiary/aromatic N) is 2. The number of carbonyl (C=O) groups is 2. The second-order valence-corrected chi connectivity index (χ2v) is 9.60. The van der Waals surface area contributed by atoms with E-state index in [4.69, 9.17) is 4.74 Å². The van der Waals surface area contributed by atoms with Crippen LogP contribution in [0.4, 0.5) is 5.69 Å². The van der Waals surface area contributed by atoms with E-state index in [2.05, 4.69) is 20.9 Å². The second-order valence-electron chi connectivity index (χ2n) is 8.68. The number of rotatable bonds is 6. The minimum Gasteiger partial charge on any atom is -0.507 e. The first-order chi connectivity index (χ1) is 17.9. The molecule has 1 saturated heterocycles. The number of benzene rings is 3. The summed E-state index contributed by atoms with van der Waals surface area (Å²) >= 11 is 3.44. The van der Waals surface area contributed by atoms with Crippen LogP contribution < -0.4 is 9.64 Å². The van der Waals surface area contributed by atoms with Crippen LogP contribution in [0.25, 0.3) is 5.76 Å². The normalized spacial score (nSPS) is 16.7. The predicted octanol–water partition coefficient (Wildman–Crippen LogP) is 6.36. The summed E-state index contributed by atoms with van der Waals surface area (Å²) in [6.45, 7) is 2.28. The number of anilines is 1. The van der Waals surface area contributed by atoms with E-state index in [1.807, 2.05) is 43.3 Å².